The number of esters is 1. The molecule has 2 rings (SSSR count). The van der Waals surface area contributed by atoms with E-state index in [1.165, 1.54) is 14.0 Å². The maximum absolute atomic E-state index is 12.3. The van der Waals surface area contributed by atoms with Crippen LogP contribution in [0.1, 0.15) is 28.4 Å². The van der Waals surface area contributed by atoms with Gasteiger partial charge in [-0.1, -0.05) is 41.4 Å². The quantitative estimate of drug-likeness (QED) is 0.799. The molecule has 2 aromatic rings. The Morgan fingerprint density at radius 1 is 1.20 bits per heavy atom. The number of hydrogen-bond acceptors (Lipinski definition) is 4. The van der Waals surface area contributed by atoms with E-state index >= 15 is 0 Å². The second-order valence-corrected chi connectivity index (χ2v) is 5.97. The molecule has 0 unspecified atom stereocenters. The standard InChI is InChI=1S/C19H20ClNO4/c1-12-8-9-17(24-3)15(10-12)19(23)25-13(2)18(22)21-11-14-6-4-5-7-16(14)20/h4-10,13H,11H2,1-3H3,(H,21,22)/t13-/m0/s1. The van der Waals surface area contributed by atoms with Crippen LogP contribution in [-0.2, 0) is 16.1 Å². The van der Waals surface area contributed by atoms with E-state index in [-0.39, 0.29) is 12.1 Å². The number of benzene rings is 2. The van der Waals surface area contributed by atoms with E-state index < -0.39 is 18.0 Å². The molecule has 0 aliphatic carbocycles. The molecule has 1 N–H and O–H groups in total. The molecular formula is C19H20ClNO4. The van der Waals surface area contributed by atoms with Gasteiger partial charge in [-0.25, -0.2) is 4.79 Å². The van der Waals surface area contributed by atoms with Crippen LogP contribution in [0.4, 0.5) is 0 Å². The number of carbonyl (C=O) groups is 2. The zero-order valence-corrected chi connectivity index (χ0v) is 15.1. The van der Waals surface area contributed by atoms with Crippen molar-refractivity contribution in [1.82, 2.24) is 5.32 Å². The number of methoxy groups -OCH3 is 1. The molecule has 0 saturated carbocycles. The lowest BCUT2D eigenvalue weighted by atomic mass is 10.1. The van der Waals surface area contributed by atoms with Crippen LogP contribution in [-0.4, -0.2) is 25.1 Å². The number of amides is 1. The second kappa shape index (κ2) is 8.53. The molecule has 0 spiro atoms. The molecule has 0 fully saturated rings. The summed E-state index contributed by atoms with van der Waals surface area (Å²) < 4.78 is 10.4. The van der Waals surface area contributed by atoms with E-state index in [4.69, 9.17) is 21.1 Å². The normalized spacial score (nSPS) is 11.5. The highest BCUT2D eigenvalue weighted by Crippen LogP contribution is 2.21. The van der Waals surface area contributed by atoms with Crippen LogP contribution in [0.25, 0.3) is 0 Å². The molecule has 25 heavy (non-hydrogen) atoms. The molecule has 1 atom stereocenters. The highest BCUT2D eigenvalue weighted by Gasteiger charge is 2.21. The fourth-order valence-corrected chi connectivity index (χ4v) is 2.43. The van der Waals surface area contributed by atoms with Crippen molar-refractivity contribution in [3.05, 3.63) is 64.2 Å². The van der Waals surface area contributed by atoms with Gasteiger partial charge in [0.2, 0.25) is 0 Å². The van der Waals surface area contributed by atoms with Gasteiger partial charge < -0.3 is 14.8 Å². The zero-order chi connectivity index (χ0) is 18.4. The Bertz CT molecular complexity index is 776. The van der Waals surface area contributed by atoms with Crippen molar-refractivity contribution in [2.24, 2.45) is 0 Å². The first kappa shape index (κ1) is 18.8. The van der Waals surface area contributed by atoms with E-state index in [0.717, 1.165) is 11.1 Å². The van der Waals surface area contributed by atoms with Crippen LogP contribution in [0, 0.1) is 6.92 Å². The van der Waals surface area contributed by atoms with Gasteiger partial charge in [-0.3, -0.25) is 4.79 Å². The first-order chi connectivity index (χ1) is 11.9. The van der Waals surface area contributed by atoms with Crippen molar-refractivity contribution >= 4 is 23.5 Å². The Morgan fingerprint density at radius 2 is 1.92 bits per heavy atom. The first-order valence-electron chi connectivity index (χ1n) is 7.79. The second-order valence-electron chi connectivity index (χ2n) is 5.56. The number of halogens is 1. The Kier molecular flexibility index (Phi) is 6.42. The van der Waals surface area contributed by atoms with Crippen LogP contribution < -0.4 is 10.1 Å². The Balaban J connectivity index is 1.98. The molecule has 2 aromatic carbocycles. The minimum absolute atomic E-state index is 0.258. The average Bonchev–Trinajstić information content (AvgIpc) is 2.60. The topological polar surface area (TPSA) is 64.6 Å². The molecule has 0 aromatic heterocycles. The van der Waals surface area contributed by atoms with E-state index in [9.17, 15) is 9.59 Å². The zero-order valence-electron chi connectivity index (χ0n) is 14.3. The van der Waals surface area contributed by atoms with Crippen molar-refractivity contribution < 1.29 is 19.1 Å². The summed E-state index contributed by atoms with van der Waals surface area (Å²) in [7, 11) is 1.47. The van der Waals surface area contributed by atoms with Gasteiger partial charge in [-0.05, 0) is 37.6 Å². The molecule has 0 radical (unpaired) electrons. The summed E-state index contributed by atoms with van der Waals surface area (Å²) in [5, 5.41) is 3.27. The summed E-state index contributed by atoms with van der Waals surface area (Å²) in [6.07, 6.45) is -0.944. The maximum Gasteiger partial charge on any atom is 0.342 e. The molecule has 5 nitrogen and oxygen atoms in total. The minimum atomic E-state index is -0.944. The Morgan fingerprint density at radius 3 is 2.60 bits per heavy atom. The lowest BCUT2D eigenvalue weighted by Crippen LogP contribution is -2.35. The number of carbonyl (C=O) groups excluding carboxylic acids is 2. The molecule has 0 heterocycles. The van der Waals surface area contributed by atoms with Gasteiger partial charge >= 0.3 is 5.97 Å². The van der Waals surface area contributed by atoms with Crippen LogP contribution in [0.2, 0.25) is 5.02 Å². The number of ether oxygens (including phenoxy) is 2. The summed E-state index contributed by atoms with van der Waals surface area (Å²) in [6, 6.07) is 12.4. The fourth-order valence-electron chi connectivity index (χ4n) is 2.23. The van der Waals surface area contributed by atoms with Gasteiger partial charge in [0.05, 0.1) is 7.11 Å². The third-order valence-electron chi connectivity index (χ3n) is 3.64. The Hall–Kier alpha value is -2.53. The summed E-state index contributed by atoms with van der Waals surface area (Å²) >= 11 is 6.05. The lowest BCUT2D eigenvalue weighted by molar-refractivity contribution is -0.129. The largest absolute Gasteiger partial charge is 0.496 e. The van der Waals surface area contributed by atoms with Crippen LogP contribution in [0.5, 0.6) is 5.75 Å². The van der Waals surface area contributed by atoms with E-state index in [0.29, 0.717) is 10.8 Å². The summed E-state index contributed by atoms with van der Waals surface area (Å²) in [5.74, 6) is -0.611. The van der Waals surface area contributed by atoms with Gasteiger partial charge in [0.15, 0.2) is 6.10 Å². The van der Waals surface area contributed by atoms with Gasteiger partial charge in [0, 0.05) is 11.6 Å². The van der Waals surface area contributed by atoms with Gasteiger partial charge in [0.1, 0.15) is 11.3 Å². The molecule has 0 aliphatic rings. The third-order valence-corrected chi connectivity index (χ3v) is 4.01. The SMILES string of the molecule is COc1ccc(C)cc1C(=O)O[C@@H](C)C(=O)NCc1ccccc1Cl. The predicted octanol–water partition coefficient (Wildman–Crippen LogP) is 3.52. The van der Waals surface area contributed by atoms with Gasteiger partial charge in [0.25, 0.3) is 5.91 Å². The lowest BCUT2D eigenvalue weighted by Gasteiger charge is -2.15. The van der Waals surface area contributed by atoms with Crippen LogP contribution >= 0.6 is 11.6 Å². The van der Waals surface area contributed by atoms with Gasteiger partial charge in [-0.15, -0.1) is 0 Å². The van der Waals surface area contributed by atoms with E-state index in [1.54, 1.807) is 18.2 Å². The van der Waals surface area contributed by atoms with Gasteiger partial charge in [-0.2, -0.15) is 0 Å². The summed E-state index contributed by atoms with van der Waals surface area (Å²) in [4.78, 5) is 24.5. The van der Waals surface area contributed by atoms with Crippen molar-refractivity contribution in [3.8, 4) is 5.75 Å². The fraction of sp³-hybridized carbons (Fsp3) is 0.263. The average molecular weight is 362 g/mol. The van der Waals surface area contributed by atoms with Crippen molar-refractivity contribution in [1.29, 1.82) is 0 Å². The van der Waals surface area contributed by atoms with E-state index in [1.807, 2.05) is 31.2 Å². The Labute approximate surface area is 151 Å². The van der Waals surface area contributed by atoms with Crippen molar-refractivity contribution in [3.63, 3.8) is 0 Å². The number of nitrogens with one attached hydrogen (secondary N) is 1. The third kappa shape index (κ3) is 4.97. The maximum atomic E-state index is 12.3. The number of aryl methyl sites for hydroxylation is 1. The smallest absolute Gasteiger partial charge is 0.342 e. The number of hydrogen-bond donors (Lipinski definition) is 1. The minimum Gasteiger partial charge on any atom is -0.496 e. The van der Waals surface area contributed by atoms with Crippen molar-refractivity contribution in [2.75, 3.05) is 7.11 Å². The molecule has 6 heteroatoms. The van der Waals surface area contributed by atoms with E-state index in [2.05, 4.69) is 5.32 Å². The molecular weight excluding hydrogens is 342 g/mol. The summed E-state index contributed by atoms with van der Waals surface area (Å²) in [5.41, 5.74) is 1.97. The highest BCUT2D eigenvalue weighted by atomic mass is 35.5. The molecule has 0 saturated heterocycles. The van der Waals surface area contributed by atoms with Crippen LogP contribution in [0.15, 0.2) is 42.5 Å². The molecule has 132 valence electrons. The highest BCUT2D eigenvalue weighted by molar-refractivity contribution is 6.31. The molecule has 0 bridgehead atoms. The number of rotatable bonds is 6. The molecule has 1 amide bonds. The monoisotopic (exact) mass is 361 g/mol. The van der Waals surface area contributed by atoms with Crippen LogP contribution in [0.3, 0.4) is 0 Å². The predicted molar refractivity (Wildman–Crippen MR) is 95.9 cm³/mol. The van der Waals surface area contributed by atoms with Crippen molar-refractivity contribution in [2.45, 2.75) is 26.5 Å². The summed E-state index contributed by atoms with van der Waals surface area (Å²) in [6.45, 7) is 3.63. The first-order valence-corrected chi connectivity index (χ1v) is 8.17. The molecule has 0 aliphatic heterocycles.